The second-order valence-corrected chi connectivity index (χ2v) is 12.0. The first-order chi connectivity index (χ1) is 25.1. The third kappa shape index (κ3) is 11.1. The molecule has 0 unspecified atom stereocenters. The molecule has 0 saturated carbocycles. The molecule has 262 valence electrons. The zero-order valence-electron chi connectivity index (χ0n) is 29.6. The quantitative estimate of drug-likeness (QED) is 0.0420. The van der Waals surface area contributed by atoms with Crippen LogP contribution >= 0.6 is 0 Å². The number of benzene rings is 5. The van der Waals surface area contributed by atoms with E-state index in [0.29, 0.717) is 35.1 Å². The molecule has 0 heterocycles. The van der Waals surface area contributed by atoms with Crippen LogP contribution in [0.15, 0.2) is 140 Å². The van der Waals surface area contributed by atoms with E-state index < -0.39 is 6.16 Å². The number of anilines is 1. The fourth-order valence-electron chi connectivity index (χ4n) is 5.17. The van der Waals surface area contributed by atoms with Gasteiger partial charge in [-0.05, 0) is 104 Å². The van der Waals surface area contributed by atoms with Gasteiger partial charge in [0, 0.05) is 29.5 Å². The molecule has 0 aliphatic heterocycles. The SMILES string of the molecule is CCCCOC(=O)Oc1ccc(N=Nc2ccc(/N=N/c3ccc(N=Nc4ccc(N(CCCC)CCCC)cc4)cc3)c3ccccc23)cc1. The van der Waals surface area contributed by atoms with Gasteiger partial charge in [0.1, 0.15) is 5.75 Å². The average molecular weight is 684 g/mol. The van der Waals surface area contributed by atoms with Crippen LogP contribution in [0.3, 0.4) is 0 Å². The molecule has 0 aromatic heterocycles. The molecule has 0 atom stereocenters. The van der Waals surface area contributed by atoms with Gasteiger partial charge in [-0.2, -0.15) is 20.5 Å². The number of carbonyl (C=O) groups excluding carboxylic acids is 1. The van der Waals surface area contributed by atoms with E-state index >= 15 is 0 Å². The first-order valence-electron chi connectivity index (χ1n) is 17.7. The van der Waals surface area contributed by atoms with Crippen molar-refractivity contribution >= 4 is 56.7 Å². The van der Waals surface area contributed by atoms with Crippen molar-refractivity contribution in [1.29, 1.82) is 0 Å². The van der Waals surface area contributed by atoms with Gasteiger partial charge in [-0.3, -0.25) is 0 Å². The molecule has 0 fully saturated rings. The Labute approximate surface area is 300 Å². The number of unbranched alkanes of at least 4 members (excludes halogenated alkanes) is 3. The van der Waals surface area contributed by atoms with Crippen LogP contribution in [0.1, 0.15) is 59.3 Å². The average Bonchev–Trinajstić information content (AvgIpc) is 3.17. The van der Waals surface area contributed by atoms with Gasteiger partial charge in [0.25, 0.3) is 0 Å². The third-order valence-electron chi connectivity index (χ3n) is 8.09. The van der Waals surface area contributed by atoms with E-state index in [2.05, 4.69) is 61.6 Å². The van der Waals surface area contributed by atoms with Crippen molar-refractivity contribution in [3.8, 4) is 5.75 Å². The molecule has 0 aliphatic rings. The number of azo groups is 3. The highest BCUT2D eigenvalue weighted by molar-refractivity contribution is 5.99. The maximum atomic E-state index is 11.8. The van der Waals surface area contributed by atoms with E-state index in [9.17, 15) is 4.79 Å². The van der Waals surface area contributed by atoms with Crippen molar-refractivity contribution in [3.63, 3.8) is 0 Å². The molecule has 10 heteroatoms. The molecule has 5 aromatic carbocycles. The fourth-order valence-corrected chi connectivity index (χ4v) is 5.17. The van der Waals surface area contributed by atoms with E-state index in [1.54, 1.807) is 24.3 Å². The fraction of sp³-hybridized carbons (Fsp3) is 0.293. The summed E-state index contributed by atoms with van der Waals surface area (Å²) in [7, 11) is 0. The van der Waals surface area contributed by atoms with Crippen molar-refractivity contribution in [2.24, 2.45) is 30.7 Å². The molecule has 10 nitrogen and oxygen atoms in total. The zero-order chi connectivity index (χ0) is 35.7. The summed E-state index contributed by atoms with van der Waals surface area (Å²) in [6.07, 6.45) is 5.76. The largest absolute Gasteiger partial charge is 0.513 e. The van der Waals surface area contributed by atoms with Gasteiger partial charge < -0.3 is 14.4 Å². The van der Waals surface area contributed by atoms with E-state index in [1.165, 1.54) is 31.4 Å². The smallest absolute Gasteiger partial charge is 0.434 e. The Kier molecular flexibility index (Phi) is 13.9. The summed E-state index contributed by atoms with van der Waals surface area (Å²) >= 11 is 0. The number of nitrogens with zero attached hydrogens (tertiary/aromatic N) is 7. The Bertz CT molecular complexity index is 1910. The van der Waals surface area contributed by atoms with Gasteiger partial charge in [0.2, 0.25) is 0 Å². The van der Waals surface area contributed by atoms with Crippen molar-refractivity contribution in [2.45, 2.75) is 59.3 Å². The summed E-state index contributed by atoms with van der Waals surface area (Å²) in [4.78, 5) is 14.3. The monoisotopic (exact) mass is 683 g/mol. The molecule has 0 spiro atoms. The van der Waals surface area contributed by atoms with Gasteiger partial charge in [-0.1, -0.05) is 64.3 Å². The first kappa shape index (κ1) is 36.5. The molecule has 0 bridgehead atoms. The molecule has 5 aromatic rings. The lowest BCUT2D eigenvalue weighted by Gasteiger charge is -2.24. The summed E-state index contributed by atoms with van der Waals surface area (Å²) in [5.74, 6) is 0.377. The topological polar surface area (TPSA) is 113 Å². The first-order valence-corrected chi connectivity index (χ1v) is 17.7. The highest BCUT2D eigenvalue weighted by Gasteiger charge is 2.08. The lowest BCUT2D eigenvalue weighted by Crippen LogP contribution is -2.25. The minimum atomic E-state index is -0.718. The van der Waals surface area contributed by atoms with E-state index in [0.717, 1.165) is 48.1 Å². The summed E-state index contributed by atoms with van der Waals surface area (Å²) in [6.45, 7) is 8.97. The molecule has 5 rings (SSSR count). The number of rotatable bonds is 17. The molecule has 0 saturated heterocycles. The Morgan fingerprint density at radius 3 is 1.43 bits per heavy atom. The number of carbonyl (C=O) groups is 1. The Balaban J connectivity index is 1.20. The van der Waals surface area contributed by atoms with Gasteiger partial charge in [0.05, 0.1) is 40.7 Å². The summed E-state index contributed by atoms with van der Waals surface area (Å²) in [5, 5.41) is 28.6. The maximum Gasteiger partial charge on any atom is 0.513 e. The van der Waals surface area contributed by atoms with Crippen molar-refractivity contribution in [3.05, 3.63) is 109 Å². The van der Waals surface area contributed by atoms with E-state index in [-0.39, 0.29) is 0 Å². The van der Waals surface area contributed by atoms with Crippen molar-refractivity contribution in [2.75, 3.05) is 24.6 Å². The van der Waals surface area contributed by atoms with Crippen LogP contribution in [0.2, 0.25) is 0 Å². The number of hydrogen-bond donors (Lipinski definition) is 0. The molecular formula is C41H45N7O3. The van der Waals surface area contributed by atoms with E-state index in [1.807, 2.05) is 79.7 Å². The van der Waals surface area contributed by atoms with Crippen molar-refractivity contribution in [1.82, 2.24) is 0 Å². The van der Waals surface area contributed by atoms with Gasteiger partial charge in [-0.25, -0.2) is 4.79 Å². The van der Waals surface area contributed by atoms with Gasteiger partial charge >= 0.3 is 6.16 Å². The minimum Gasteiger partial charge on any atom is -0.434 e. The Morgan fingerprint density at radius 1 is 0.529 bits per heavy atom. The lowest BCUT2D eigenvalue weighted by molar-refractivity contribution is 0.0978. The normalized spacial score (nSPS) is 11.6. The van der Waals surface area contributed by atoms with Crippen LogP contribution in [0, 0.1) is 0 Å². The highest BCUT2D eigenvalue weighted by atomic mass is 16.7. The predicted octanol–water partition coefficient (Wildman–Crippen LogP) is 13.8. The molecule has 0 radical (unpaired) electrons. The minimum absolute atomic E-state index is 0.338. The maximum absolute atomic E-state index is 11.8. The molecule has 51 heavy (non-hydrogen) atoms. The standard InChI is InChI=1S/C41H45N7O3/c1-4-7-28-48(29-8-5-2)35-22-18-33(19-23-35)43-42-31-14-16-32(17-15-31)44-46-39-26-27-40(38-13-11-10-12-37(38)39)47-45-34-20-24-36(25-21-34)51-41(49)50-30-9-6-3/h10-27H,4-9,28-30H2,1-3H3/b43-42?,46-44+,47-45?. The summed E-state index contributed by atoms with van der Waals surface area (Å²) in [5.41, 5.74) is 5.50. The number of ether oxygens (including phenoxy) is 2. The van der Waals surface area contributed by atoms with Crippen LogP contribution in [0.4, 0.5) is 44.6 Å². The van der Waals surface area contributed by atoms with E-state index in [4.69, 9.17) is 9.47 Å². The molecule has 0 amide bonds. The molecule has 0 aliphatic carbocycles. The Hall–Kier alpha value is -5.77. The van der Waals surface area contributed by atoms with Crippen LogP contribution in [0.5, 0.6) is 5.75 Å². The number of fused-ring (bicyclic) bond motifs is 1. The Morgan fingerprint density at radius 2 is 0.961 bits per heavy atom. The molecule has 0 N–H and O–H groups in total. The predicted molar refractivity (Wildman–Crippen MR) is 205 cm³/mol. The third-order valence-corrected chi connectivity index (χ3v) is 8.09. The zero-order valence-corrected chi connectivity index (χ0v) is 29.6. The summed E-state index contributed by atoms with van der Waals surface area (Å²) < 4.78 is 10.2. The van der Waals surface area contributed by atoms with Crippen LogP contribution in [0.25, 0.3) is 10.8 Å². The van der Waals surface area contributed by atoms with Gasteiger partial charge in [0.15, 0.2) is 0 Å². The van der Waals surface area contributed by atoms with Crippen LogP contribution in [-0.4, -0.2) is 25.9 Å². The second kappa shape index (κ2) is 19.4. The number of hydrogen-bond acceptors (Lipinski definition) is 10. The molecular weight excluding hydrogens is 638 g/mol. The van der Waals surface area contributed by atoms with Gasteiger partial charge in [-0.15, -0.1) is 10.2 Å². The van der Waals surface area contributed by atoms with Crippen LogP contribution < -0.4 is 9.64 Å². The summed E-state index contributed by atoms with van der Waals surface area (Å²) in [6, 6.07) is 34.2. The van der Waals surface area contributed by atoms with Crippen LogP contribution in [-0.2, 0) is 4.74 Å². The lowest BCUT2D eigenvalue weighted by atomic mass is 10.1. The second-order valence-electron chi connectivity index (χ2n) is 12.0. The van der Waals surface area contributed by atoms with Crippen molar-refractivity contribution < 1.29 is 14.3 Å². The highest BCUT2D eigenvalue weighted by Crippen LogP contribution is 2.35.